The molecule has 0 heterocycles. The molecule has 0 aliphatic heterocycles. The SMILES string of the molecule is O=C(COCC(=O)Nc1ccc2c(c1)CCC2)Nc1ccc2c(c1)CCC2. The summed E-state index contributed by atoms with van der Waals surface area (Å²) < 4.78 is 5.26. The van der Waals surface area contributed by atoms with Crippen molar-refractivity contribution in [3.63, 3.8) is 0 Å². The van der Waals surface area contributed by atoms with E-state index in [-0.39, 0.29) is 25.0 Å². The second-order valence-corrected chi connectivity index (χ2v) is 7.26. The zero-order valence-electron chi connectivity index (χ0n) is 15.3. The normalized spacial score (nSPS) is 14.5. The van der Waals surface area contributed by atoms with Crippen LogP contribution >= 0.6 is 0 Å². The first-order chi connectivity index (χ1) is 13.2. The molecule has 0 bridgehead atoms. The Hall–Kier alpha value is -2.66. The number of rotatable bonds is 6. The van der Waals surface area contributed by atoms with Gasteiger partial charge in [0, 0.05) is 11.4 Å². The summed E-state index contributed by atoms with van der Waals surface area (Å²) in [5.41, 5.74) is 6.92. The minimum atomic E-state index is -0.252. The minimum Gasteiger partial charge on any atom is -0.362 e. The van der Waals surface area contributed by atoms with E-state index in [9.17, 15) is 9.59 Å². The van der Waals surface area contributed by atoms with E-state index in [4.69, 9.17) is 4.74 Å². The predicted molar refractivity (Wildman–Crippen MR) is 105 cm³/mol. The van der Waals surface area contributed by atoms with Crippen LogP contribution in [0.3, 0.4) is 0 Å². The number of nitrogens with one attached hydrogen (secondary N) is 2. The van der Waals surface area contributed by atoms with Crippen LogP contribution in [0, 0.1) is 0 Å². The first-order valence-corrected chi connectivity index (χ1v) is 9.58. The summed E-state index contributed by atoms with van der Waals surface area (Å²) in [5, 5.41) is 5.66. The molecule has 0 spiro atoms. The van der Waals surface area contributed by atoms with Gasteiger partial charge >= 0.3 is 0 Å². The number of hydrogen-bond donors (Lipinski definition) is 2. The summed E-state index contributed by atoms with van der Waals surface area (Å²) in [4.78, 5) is 24.0. The number of ether oxygens (including phenoxy) is 1. The lowest BCUT2D eigenvalue weighted by atomic mass is 10.1. The standard InChI is InChI=1S/C22H24N2O3/c25-21(23-19-9-7-15-3-1-5-17(15)11-19)13-27-14-22(26)24-20-10-8-16-4-2-6-18(16)12-20/h7-12H,1-6,13-14H2,(H,23,25)(H,24,26). The zero-order chi connectivity index (χ0) is 18.6. The van der Waals surface area contributed by atoms with Crippen molar-refractivity contribution in [2.75, 3.05) is 23.8 Å². The Labute approximate surface area is 159 Å². The maximum absolute atomic E-state index is 12.0. The lowest BCUT2D eigenvalue weighted by Gasteiger charge is -2.09. The van der Waals surface area contributed by atoms with Crippen molar-refractivity contribution >= 4 is 23.2 Å². The Bertz CT molecular complexity index is 804. The molecule has 0 saturated carbocycles. The molecule has 0 aromatic heterocycles. The van der Waals surface area contributed by atoms with Crippen molar-refractivity contribution in [1.29, 1.82) is 0 Å². The lowest BCUT2D eigenvalue weighted by Crippen LogP contribution is -2.24. The van der Waals surface area contributed by atoms with Crippen molar-refractivity contribution < 1.29 is 14.3 Å². The maximum atomic E-state index is 12.0. The van der Waals surface area contributed by atoms with Gasteiger partial charge in [-0.2, -0.15) is 0 Å². The zero-order valence-corrected chi connectivity index (χ0v) is 15.3. The summed E-state index contributed by atoms with van der Waals surface area (Å²) in [6.45, 7) is -0.288. The highest BCUT2D eigenvalue weighted by Crippen LogP contribution is 2.25. The summed E-state index contributed by atoms with van der Waals surface area (Å²) >= 11 is 0. The fourth-order valence-electron chi connectivity index (χ4n) is 3.93. The third kappa shape index (κ3) is 4.37. The van der Waals surface area contributed by atoms with Crippen LogP contribution in [0.5, 0.6) is 0 Å². The van der Waals surface area contributed by atoms with Crippen LogP contribution in [-0.2, 0) is 40.0 Å². The van der Waals surface area contributed by atoms with Gasteiger partial charge in [0.2, 0.25) is 11.8 Å². The monoisotopic (exact) mass is 364 g/mol. The molecule has 2 aliphatic carbocycles. The van der Waals surface area contributed by atoms with Crippen LogP contribution in [0.25, 0.3) is 0 Å². The second-order valence-electron chi connectivity index (χ2n) is 7.26. The van der Waals surface area contributed by atoms with Gasteiger partial charge < -0.3 is 15.4 Å². The van der Waals surface area contributed by atoms with E-state index in [1.54, 1.807) is 0 Å². The van der Waals surface area contributed by atoms with Crippen LogP contribution in [0.1, 0.15) is 35.1 Å². The molecule has 0 saturated heterocycles. The van der Waals surface area contributed by atoms with E-state index < -0.39 is 0 Å². The highest BCUT2D eigenvalue weighted by Gasteiger charge is 2.13. The van der Waals surface area contributed by atoms with Gasteiger partial charge in [0.05, 0.1) is 0 Å². The third-order valence-electron chi connectivity index (χ3n) is 5.23. The maximum Gasteiger partial charge on any atom is 0.250 e. The summed E-state index contributed by atoms with van der Waals surface area (Å²) in [6.07, 6.45) is 6.72. The van der Waals surface area contributed by atoms with Crippen molar-refractivity contribution in [1.82, 2.24) is 0 Å². The molecule has 0 unspecified atom stereocenters. The van der Waals surface area contributed by atoms with E-state index in [0.717, 1.165) is 37.1 Å². The van der Waals surface area contributed by atoms with Crippen molar-refractivity contribution in [2.24, 2.45) is 0 Å². The van der Waals surface area contributed by atoms with Crippen LogP contribution in [-0.4, -0.2) is 25.0 Å². The van der Waals surface area contributed by atoms with Gasteiger partial charge in [-0.3, -0.25) is 9.59 Å². The predicted octanol–water partition coefficient (Wildman–Crippen LogP) is 3.26. The van der Waals surface area contributed by atoms with Gasteiger partial charge in [-0.05, 0) is 85.0 Å². The van der Waals surface area contributed by atoms with E-state index >= 15 is 0 Å². The van der Waals surface area contributed by atoms with Gasteiger partial charge in [0.1, 0.15) is 13.2 Å². The van der Waals surface area contributed by atoms with Crippen LogP contribution in [0.15, 0.2) is 36.4 Å². The third-order valence-corrected chi connectivity index (χ3v) is 5.23. The van der Waals surface area contributed by atoms with Crippen molar-refractivity contribution in [3.05, 3.63) is 58.7 Å². The summed E-state index contributed by atoms with van der Waals surface area (Å²) in [6, 6.07) is 12.0. The first kappa shape index (κ1) is 17.7. The van der Waals surface area contributed by atoms with Crippen molar-refractivity contribution in [3.8, 4) is 0 Å². The molecule has 0 atom stereocenters. The highest BCUT2D eigenvalue weighted by atomic mass is 16.5. The molecule has 0 fully saturated rings. The van der Waals surface area contributed by atoms with E-state index in [1.165, 1.54) is 35.1 Å². The quantitative estimate of drug-likeness (QED) is 0.827. The molecule has 2 N–H and O–H groups in total. The molecule has 2 amide bonds. The summed E-state index contributed by atoms with van der Waals surface area (Å²) in [7, 11) is 0. The Morgan fingerprint density at radius 1 is 0.704 bits per heavy atom. The number of carbonyl (C=O) groups excluding carboxylic acids is 2. The Morgan fingerprint density at radius 2 is 1.15 bits per heavy atom. The van der Waals surface area contributed by atoms with Crippen LogP contribution < -0.4 is 10.6 Å². The summed E-state index contributed by atoms with van der Waals surface area (Å²) in [5.74, 6) is -0.503. The number of fused-ring (bicyclic) bond motifs is 2. The number of amides is 2. The van der Waals surface area contributed by atoms with E-state index in [1.807, 2.05) is 24.3 Å². The molecule has 5 nitrogen and oxygen atoms in total. The second kappa shape index (κ2) is 7.92. The Kier molecular flexibility index (Phi) is 5.21. The minimum absolute atomic E-state index is 0.144. The number of anilines is 2. The fourth-order valence-corrected chi connectivity index (χ4v) is 3.93. The average Bonchev–Trinajstić information content (AvgIpc) is 3.29. The topological polar surface area (TPSA) is 67.4 Å². The molecule has 2 aliphatic rings. The van der Waals surface area contributed by atoms with Gasteiger partial charge in [-0.1, -0.05) is 12.1 Å². The average molecular weight is 364 g/mol. The molecular formula is C22H24N2O3. The van der Waals surface area contributed by atoms with E-state index in [0.29, 0.717) is 0 Å². The van der Waals surface area contributed by atoms with Gasteiger partial charge in [0.15, 0.2) is 0 Å². The van der Waals surface area contributed by atoms with Crippen LogP contribution in [0.4, 0.5) is 11.4 Å². The van der Waals surface area contributed by atoms with Crippen molar-refractivity contribution in [2.45, 2.75) is 38.5 Å². The Morgan fingerprint density at radius 3 is 1.63 bits per heavy atom. The number of benzene rings is 2. The highest BCUT2D eigenvalue weighted by molar-refractivity contribution is 5.93. The van der Waals surface area contributed by atoms with Gasteiger partial charge in [-0.25, -0.2) is 0 Å². The number of carbonyl (C=O) groups is 2. The lowest BCUT2D eigenvalue weighted by molar-refractivity contribution is -0.125. The van der Waals surface area contributed by atoms with Crippen LogP contribution in [0.2, 0.25) is 0 Å². The molecule has 5 heteroatoms. The molecule has 140 valence electrons. The van der Waals surface area contributed by atoms with Gasteiger partial charge in [0.25, 0.3) is 0 Å². The molecule has 4 rings (SSSR count). The largest absolute Gasteiger partial charge is 0.362 e. The number of hydrogen-bond acceptors (Lipinski definition) is 3. The fraction of sp³-hybridized carbons (Fsp3) is 0.364. The van der Waals surface area contributed by atoms with E-state index in [2.05, 4.69) is 22.8 Å². The molecule has 2 aromatic rings. The number of aryl methyl sites for hydroxylation is 4. The molecular weight excluding hydrogens is 340 g/mol. The smallest absolute Gasteiger partial charge is 0.250 e. The van der Waals surface area contributed by atoms with Gasteiger partial charge in [-0.15, -0.1) is 0 Å². The molecule has 27 heavy (non-hydrogen) atoms. The Balaban J connectivity index is 1.21. The first-order valence-electron chi connectivity index (χ1n) is 9.58. The molecule has 2 aromatic carbocycles. The molecule has 0 radical (unpaired) electrons.